The normalized spacial score (nSPS) is 13.6. The number of aliphatic hydroxyl groups is 2. The maximum absolute atomic E-state index is 13.2. The Morgan fingerprint density at radius 3 is 1.43 bits per heavy atom. The lowest BCUT2D eigenvalue weighted by molar-refractivity contribution is 0.0974. The van der Waals surface area contributed by atoms with Gasteiger partial charge in [0, 0.05) is 35.1 Å². The van der Waals surface area contributed by atoms with Crippen molar-refractivity contribution in [1.82, 2.24) is 0 Å². The van der Waals surface area contributed by atoms with E-state index in [-0.39, 0.29) is 47.8 Å². The molecule has 0 bridgehead atoms. The molecule has 10 nitrogen and oxygen atoms in total. The predicted molar refractivity (Wildman–Crippen MR) is 133 cm³/mol. The first-order valence-electron chi connectivity index (χ1n) is 11.4. The smallest absolute Gasteiger partial charge is 0.198 e. The number of phenols is 2. The first kappa shape index (κ1) is 26.7. The fourth-order valence-corrected chi connectivity index (χ4v) is 8.03. The van der Waals surface area contributed by atoms with Gasteiger partial charge >= 0.3 is 0 Å². The lowest BCUT2D eigenvalue weighted by atomic mass is 9.81. The Morgan fingerprint density at radius 2 is 1.03 bits per heavy atom. The first-order valence-corrected chi connectivity index (χ1v) is 14.7. The van der Waals surface area contributed by atoms with Crippen LogP contribution in [0.15, 0.2) is 46.2 Å². The van der Waals surface area contributed by atoms with Crippen molar-refractivity contribution in [2.24, 2.45) is 0 Å². The van der Waals surface area contributed by atoms with E-state index >= 15 is 0 Å². The molecule has 1 aliphatic carbocycles. The maximum Gasteiger partial charge on any atom is 0.198 e. The summed E-state index contributed by atoms with van der Waals surface area (Å²) in [5.74, 6) is -4.15. The largest absolute Gasteiger partial charge is 0.506 e. The standard InChI is InChI=1S/C25H24O10S2/c26-8-3-4-10-36(32,33)18-12-16-17(13-19(18)37(34,35)11-5-9-27)25(31)21-20(24(16)30)22(28)14-6-1-2-7-15(14)23(21)29/h1-2,6-7,12-13,26-27,30-31H,3-5,8-11H2. The molecule has 0 saturated heterocycles. The zero-order chi connectivity index (χ0) is 27.1. The minimum Gasteiger partial charge on any atom is -0.506 e. The number of hydrogen-bond acceptors (Lipinski definition) is 10. The first-order chi connectivity index (χ1) is 17.5. The summed E-state index contributed by atoms with van der Waals surface area (Å²) >= 11 is 0. The second-order valence-corrected chi connectivity index (χ2v) is 12.8. The molecule has 0 heterocycles. The third-order valence-electron chi connectivity index (χ3n) is 6.25. The third-order valence-corrected chi connectivity index (χ3v) is 10.0. The molecule has 1 aliphatic rings. The van der Waals surface area contributed by atoms with Gasteiger partial charge in [-0.05, 0) is 31.4 Å². The number of carbonyl (C=O) groups is 2. The average molecular weight is 549 g/mol. The number of unbranched alkanes of at least 4 members (excludes halogenated alkanes) is 1. The van der Waals surface area contributed by atoms with Crippen LogP contribution < -0.4 is 0 Å². The van der Waals surface area contributed by atoms with Crippen molar-refractivity contribution >= 4 is 42.0 Å². The molecule has 0 radical (unpaired) electrons. The highest BCUT2D eigenvalue weighted by atomic mass is 32.2. The summed E-state index contributed by atoms with van der Waals surface area (Å²) < 4.78 is 52.6. The molecule has 0 atom stereocenters. The fourth-order valence-electron chi connectivity index (χ4n) is 4.41. The van der Waals surface area contributed by atoms with Crippen LogP contribution in [0.1, 0.15) is 51.1 Å². The Labute approximate surface area is 212 Å². The monoisotopic (exact) mass is 548 g/mol. The van der Waals surface area contributed by atoms with Crippen LogP contribution in [0.5, 0.6) is 11.5 Å². The van der Waals surface area contributed by atoms with Gasteiger partial charge in [0.25, 0.3) is 0 Å². The van der Waals surface area contributed by atoms with Gasteiger partial charge < -0.3 is 20.4 Å². The van der Waals surface area contributed by atoms with Crippen molar-refractivity contribution in [1.29, 1.82) is 0 Å². The molecule has 0 saturated carbocycles. The van der Waals surface area contributed by atoms with Gasteiger partial charge in [0.2, 0.25) is 0 Å². The van der Waals surface area contributed by atoms with Crippen LogP contribution in [0.3, 0.4) is 0 Å². The molecule has 4 N–H and O–H groups in total. The summed E-state index contributed by atoms with van der Waals surface area (Å²) in [5.41, 5.74) is -1.03. The Kier molecular flexibility index (Phi) is 7.12. The SMILES string of the molecule is O=C1c2ccccc2C(=O)c2c1c(O)c1cc(S(=O)(=O)CCCO)c(S(=O)(=O)CCCCO)cc1c2O. The number of sulfone groups is 2. The van der Waals surface area contributed by atoms with Gasteiger partial charge in [-0.1, -0.05) is 24.3 Å². The van der Waals surface area contributed by atoms with Gasteiger partial charge in [0.1, 0.15) is 11.5 Å². The van der Waals surface area contributed by atoms with E-state index in [1.54, 1.807) is 0 Å². The fraction of sp³-hybridized carbons (Fsp3) is 0.280. The van der Waals surface area contributed by atoms with Crippen molar-refractivity contribution in [2.45, 2.75) is 29.1 Å². The molecule has 0 fully saturated rings. The van der Waals surface area contributed by atoms with Crippen molar-refractivity contribution < 1.29 is 46.9 Å². The zero-order valence-electron chi connectivity index (χ0n) is 19.5. The number of ketones is 2. The molecule has 0 aliphatic heterocycles. The van der Waals surface area contributed by atoms with E-state index < -0.39 is 81.8 Å². The van der Waals surface area contributed by atoms with Gasteiger partial charge in [0.05, 0.1) is 32.4 Å². The quantitative estimate of drug-likeness (QED) is 0.177. The highest BCUT2D eigenvalue weighted by molar-refractivity contribution is 7.94. The topological polar surface area (TPSA) is 183 Å². The van der Waals surface area contributed by atoms with E-state index in [0.29, 0.717) is 0 Å². The highest BCUT2D eigenvalue weighted by Crippen LogP contribution is 2.46. The number of aliphatic hydroxyl groups excluding tert-OH is 2. The molecular weight excluding hydrogens is 524 g/mol. The van der Waals surface area contributed by atoms with E-state index in [4.69, 9.17) is 10.2 Å². The van der Waals surface area contributed by atoms with Crippen LogP contribution in [0.2, 0.25) is 0 Å². The molecule has 4 rings (SSSR count). The lowest BCUT2D eigenvalue weighted by Gasteiger charge is -2.22. The van der Waals surface area contributed by atoms with E-state index in [0.717, 1.165) is 12.1 Å². The number of hydrogen-bond donors (Lipinski definition) is 4. The van der Waals surface area contributed by atoms with E-state index in [9.17, 15) is 36.6 Å². The number of rotatable bonds is 9. The van der Waals surface area contributed by atoms with Crippen LogP contribution in [0, 0.1) is 0 Å². The van der Waals surface area contributed by atoms with Gasteiger partial charge in [-0.2, -0.15) is 0 Å². The Balaban J connectivity index is 2.07. The van der Waals surface area contributed by atoms with Crippen LogP contribution in [-0.4, -0.2) is 73.5 Å². The minimum atomic E-state index is -4.32. The summed E-state index contributed by atoms with van der Waals surface area (Å²) in [7, 11) is -8.60. The number of fused-ring (bicyclic) bond motifs is 3. The van der Waals surface area contributed by atoms with Crippen LogP contribution in [0.25, 0.3) is 10.8 Å². The van der Waals surface area contributed by atoms with Gasteiger partial charge in [-0.3, -0.25) is 9.59 Å². The summed E-state index contributed by atoms with van der Waals surface area (Å²) in [6, 6.07) is 7.55. The molecule has 0 amide bonds. The second-order valence-electron chi connectivity index (χ2n) is 8.64. The van der Waals surface area contributed by atoms with Crippen LogP contribution >= 0.6 is 0 Å². The maximum atomic E-state index is 13.2. The summed E-state index contributed by atoms with van der Waals surface area (Å²) in [6.45, 7) is -0.742. The van der Waals surface area contributed by atoms with Crippen molar-refractivity contribution in [3.05, 3.63) is 58.7 Å². The molecule has 0 unspecified atom stereocenters. The second kappa shape index (κ2) is 9.86. The summed E-state index contributed by atoms with van der Waals surface area (Å²) in [5, 5.41) is 39.6. The number of benzene rings is 3. The Hall–Kier alpha value is -3.32. The molecule has 196 valence electrons. The average Bonchev–Trinajstić information content (AvgIpc) is 2.87. The zero-order valence-corrected chi connectivity index (χ0v) is 21.1. The van der Waals surface area contributed by atoms with Crippen molar-refractivity contribution in [3.8, 4) is 11.5 Å². The Morgan fingerprint density at radius 1 is 0.622 bits per heavy atom. The van der Waals surface area contributed by atoms with Crippen molar-refractivity contribution in [3.63, 3.8) is 0 Å². The van der Waals surface area contributed by atoms with E-state index in [1.807, 2.05) is 0 Å². The Bertz CT molecular complexity index is 1650. The van der Waals surface area contributed by atoms with Crippen LogP contribution in [0.4, 0.5) is 0 Å². The predicted octanol–water partition coefficient (Wildman–Crippen LogP) is 1.73. The molecule has 0 aromatic heterocycles. The molecule has 0 spiro atoms. The molecular formula is C25H24O10S2. The number of carbonyl (C=O) groups excluding carboxylic acids is 2. The molecule has 12 heteroatoms. The van der Waals surface area contributed by atoms with Gasteiger partial charge in [-0.15, -0.1) is 0 Å². The molecule has 37 heavy (non-hydrogen) atoms. The summed E-state index contributed by atoms with van der Waals surface area (Å²) in [6.07, 6.45) is -0.0112. The van der Waals surface area contributed by atoms with Gasteiger partial charge in [-0.25, -0.2) is 16.8 Å². The molecule has 3 aromatic rings. The van der Waals surface area contributed by atoms with Gasteiger partial charge in [0.15, 0.2) is 31.2 Å². The van der Waals surface area contributed by atoms with Crippen LogP contribution in [-0.2, 0) is 19.7 Å². The van der Waals surface area contributed by atoms with E-state index in [2.05, 4.69) is 0 Å². The number of phenolic OH excluding ortho intramolecular Hbond substituents is 2. The van der Waals surface area contributed by atoms with Crippen molar-refractivity contribution in [2.75, 3.05) is 24.7 Å². The summed E-state index contributed by atoms with van der Waals surface area (Å²) in [4.78, 5) is 25.0. The minimum absolute atomic E-state index is 0.00546. The number of aromatic hydroxyl groups is 2. The van der Waals surface area contributed by atoms with E-state index in [1.165, 1.54) is 24.3 Å². The lowest BCUT2D eigenvalue weighted by Crippen LogP contribution is -2.21. The molecule has 3 aromatic carbocycles. The highest BCUT2D eigenvalue weighted by Gasteiger charge is 2.37. The third kappa shape index (κ3) is 4.50.